The molecule has 0 aromatic carbocycles. The van der Waals surface area contributed by atoms with Gasteiger partial charge in [-0.15, -0.1) is 11.3 Å². The van der Waals surface area contributed by atoms with E-state index in [1.165, 1.54) is 4.31 Å². The van der Waals surface area contributed by atoms with E-state index in [0.717, 1.165) is 15.6 Å². The van der Waals surface area contributed by atoms with Gasteiger partial charge < -0.3 is 4.52 Å². The Hall–Kier alpha value is -1.25. The Bertz CT molecular complexity index is 742. The van der Waals surface area contributed by atoms with Crippen molar-refractivity contribution in [1.29, 1.82) is 0 Å². The van der Waals surface area contributed by atoms with E-state index in [0.29, 0.717) is 11.5 Å². The van der Waals surface area contributed by atoms with Crippen LogP contribution in [-0.4, -0.2) is 29.9 Å². The Morgan fingerprint density at radius 3 is 2.29 bits per heavy atom. The maximum absolute atomic E-state index is 12.8. The van der Waals surface area contributed by atoms with Crippen molar-refractivity contribution in [1.82, 2.24) is 14.4 Å². The molecule has 0 aliphatic rings. The predicted octanol–water partition coefficient (Wildman–Crippen LogP) is 2.75. The van der Waals surface area contributed by atoms with Gasteiger partial charge in [-0.3, -0.25) is 0 Å². The molecule has 2 rings (SSSR count). The van der Waals surface area contributed by atoms with Gasteiger partial charge in [0.15, 0.2) is 5.76 Å². The van der Waals surface area contributed by atoms with Crippen molar-refractivity contribution < 1.29 is 12.9 Å². The van der Waals surface area contributed by atoms with Gasteiger partial charge in [0.25, 0.3) is 0 Å². The van der Waals surface area contributed by atoms with Gasteiger partial charge in [-0.25, -0.2) is 13.4 Å². The Balaban J connectivity index is 2.43. The number of rotatable bonds is 4. The minimum Gasteiger partial charge on any atom is -0.360 e. The fraction of sp³-hybridized carbons (Fsp3) is 0.538. The average Bonchev–Trinajstić information content (AvgIpc) is 2.90. The first-order valence-electron chi connectivity index (χ1n) is 6.51. The molecule has 1 unspecified atom stereocenters. The molecule has 0 spiro atoms. The summed E-state index contributed by atoms with van der Waals surface area (Å²) in [5.74, 6) is 0.303. The molecule has 8 heteroatoms. The summed E-state index contributed by atoms with van der Waals surface area (Å²) in [4.78, 5) is 5.61. The monoisotopic (exact) mass is 329 g/mol. The lowest BCUT2D eigenvalue weighted by Crippen LogP contribution is -2.31. The number of hydrogen-bond donors (Lipinski definition) is 0. The van der Waals surface area contributed by atoms with Crippen LogP contribution < -0.4 is 0 Å². The summed E-state index contributed by atoms with van der Waals surface area (Å²) in [5.41, 5.74) is 1.16. The SMILES string of the molecule is Cc1nc(C(C)N(C)S(=O)(=O)c2c(C)noc2C)c(C)s1. The van der Waals surface area contributed by atoms with Gasteiger partial charge in [0.2, 0.25) is 10.0 Å². The van der Waals surface area contributed by atoms with E-state index in [-0.39, 0.29) is 10.9 Å². The maximum atomic E-state index is 12.8. The van der Waals surface area contributed by atoms with Crippen LogP contribution in [0.1, 0.15) is 40.0 Å². The normalized spacial score (nSPS) is 13.9. The predicted molar refractivity (Wildman–Crippen MR) is 80.9 cm³/mol. The minimum absolute atomic E-state index is 0.140. The molecule has 0 N–H and O–H groups in total. The zero-order chi connectivity index (χ0) is 15.9. The molecule has 1 atom stereocenters. The molecule has 2 aromatic rings. The summed E-state index contributed by atoms with van der Waals surface area (Å²) in [7, 11) is -2.11. The maximum Gasteiger partial charge on any atom is 0.248 e. The Morgan fingerprint density at radius 1 is 1.24 bits per heavy atom. The van der Waals surface area contributed by atoms with Crippen LogP contribution >= 0.6 is 11.3 Å². The highest BCUT2D eigenvalue weighted by Crippen LogP contribution is 2.31. The standard InChI is InChI=1S/C13H19N3O3S2/c1-7-13(9(3)19-15-7)21(17,18)16(6)8(2)12-10(4)20-11(5)14-12/h8H,1-6H3. The van der Waals surface area contributed by atoms with E-state index in [1.54, 1.807) is 32.2 Å². The summed E-state index contributed by atoms with van der Waals surface area (Å²) in [5, 5.41) is 4.65. The smallest absolute Gasteiger partial charge is 0.248 e. The van der Waals surface area contributed by atoms with E-state index < -0.39 is 10.0 Å². The number of sulfonamides is 1. The molecule has 6 nitrogen and oxygen atoms in total. The second kappa shape index (κ2) is 5.51. The molecule has 0 aliphatic carbocycles. The fourth-order valence-electron chi connectivity index (χ4n) is 2.30. The molecule has 21 heavy (non-hydrogen) atoms. The molecule has 0 aliphatic heterocycles. The van der Waals surface area contributed by atoms with Gasteiger partial charge in [-0.1, -0.05) is 5.16 Å². The lowest BCUT2D eigenvalue weighted by Gasteiger charge is -2.23. The van der Waals surface area contributed by atoms with E-state index >= 15 is 0 Å². The molecule has 0 saturated carbocycles. The van der Waals surface area contributed by atoms with Gasteiger partial charge in [0.05, 0.1) is 16.7 Å². The van der Waals surface area contributed by atoms with Gasteiger partial charge >= 0.3 is 0 Å². The summed E-state index contributed by atoms with van der Waals surface area (Å²) < 4.78 is 31.8. The first kappa shape index (κ1) is 16.1. The topological polar surface area (TPSA) is 76.3 Å². The van der Waals surface area contributed by atoms with Crippen LogP contribution in [0.2, 0.25) is 0 Å². The van der Waals surface area contributed by atoms with Gasteiger partial charge in [0.1, 0.15) is 10.6 Å². The van der Waals surface area contributed by atoms with Crippen molar-refractivity contribution >= 4 is 21.4 Å². The van der Waals surface area contributed by atoms with Gasteiger partial charge in [0, 0.05) is 11.9 Å². The van der Waals surface area contributed by atoms with Crippen molar-refractivity contribution in [2.75, 3.05) is 7.05 Å². The number of thiazole rings is 1. The summed E-state index contributed by atoms with van der Waals surface area (Å²) in [6, 6.07) is -0.353. The zero-order valence-corrected chi connectivity index (χ0v) is 14.6. The number of nitrogens with zero attached hydrogens (tertiary/aromatic N) is 3. The molecule has 0 amide bonds. The Morgan fingerprint density at radius 2 is 1.86 bits per heavy atom. The molecule has 0 fully saturated rings. The molecule has 0 saturated heterocycles. The van der Waals surface area contributed by atoms with Gasteiger partial charge in [-0.2, -0.15) is 4.31 Å². The molecular formula is C13H19N3O3S2. The molecule has 2 heterocycles. The highest BCUT2D eigenvalue weighted by atomic mass is 32.2. The summed E-state index contributed by atoms with van der Waals surface area (Å²) >= 11 is 1.57. The fourth-order valence-corrected chi connectivity index (χ4v) is 4.82. The van der Waals surface area contributed by atoms with E-state index in [4.69, 9.17) is 4.52 Å². The van der Waals surface area contributed by atoms with Crippen molar-refractivity contribution in [3.05, 3.63) is 27.0 Å². The number of aromatic nitrogens is 2. The largest absolute Gasteiger partial charge is 0.360 e. The molecule has 116 valence electrons. The first-order valence-corrected chi connectivity index (χ1v) is 8.76. The third kappa shape index (κ3) is 2.75. The van der Waals surface area contributed by atoms with Crippen molar-refractivity contribution in [2.24, 2.45) is 0 Å². The number of aryl methyl sites for hydroxylation is 4. The van der Waals surface area contributed by atoms with Crippen molar-refractivity contribution in [3.63, 3.8) is 0 Å². The third-order valence-corrected chi connectivity index (χ3v) is 6.56. The second-order valence-electron chi connectivity index (χ2n) is 5.02. The molecule has 0 bridgehead atoms. The number of hydrogen-bond acceptors (Lipinski definition) is 6. The van der Waals surface area contributed by atoms with Crippen LogP contribution in [0.3, 0.4) is 0 Å². The highest BCUT2D eigenvalue weighted by Gasteiger charge is 2.33. The van der Waals surface area contributed by atoms with E-state index in [9.17, 15) is 8.42 Å². The van der Waals surface area contributed by atoms with Crippen LogP contribution in [0.15, 0.2) is 9.42 Å². The van der Waals surface area contributed by atoms with Crippen LogP contribution in [0.25, 0.3) is 0 Å². The lowest BCUT2D eigenvalue weighted by atomic mass is 10.2. The molecular weight excluding hydrogens is 310 g/mol. The quantitative estimate of drug-likeness (QED) is 0.862. The summed E-state index contributed by atoms with van der Waals surface area (Å²) in [6.07, 6.45) is 0. The third-order valence-electron chi connectivity index (χ3n) is 3.49. The van der Waals surface area contributed by atoms with Crippen LogP contribution in [0.5, 0.6) is 0 Å². The van der Waals surface area contributed by atoms with Crippen LogP contribution in [-0.2, 0) is 10.0 Å². The van der Waals surface area contributed by atoms with E-state index in [2.05, 4.69) is 10.1 Å². The highest BCUT2D eigenvalue weighted by molar-refractivity contribution is 7.89. The lowest BCUT2D eigenvalue weighted by molar-refractivity contribution is 0.382. The van der Waals surface area contributed by atoms with Crippen LogP contribution in [0, 0.1) is 27.7 Å². The minimum atomic E-state index is -3.67. The molecule has 0 radical (unpaired) electrons. The Kier molecular flexibility index (Phi) is 4.23. The Labute approximate surface area is 128 Å². The van der Waals surface area contributed by atoms with Crippen molar-refractivity contribution in [2.45, 2.75) is 45.6 Å². The second-order valence-corrected chi connectivity index (χ2v) is 8.37. The average molecular weight is 329 g/mol. The zero-order valence-electron chi connectivity index (χ0n) is 13.0. The first-order chi connectivity index (χ1) is 9.66. The van der Waals surface area contributed by atoms with Crippen LogP contribution in [0.4, 0.5) is 0 Å². The summed E-state index contributed by atoms with van der Waals surface area (Å²) in [6.45, 7) is 8.92. The van der Waals surface area contributed by atoms with Crippen molar-refractivity contribution in [3.8, 4) is 0 Å². The van der Waals surface area contributed by atoms with Gasteiger partial charge in [-0.05, 0) is 34.6 Å². The molecule has 2 aromatic heterocycles. The van der Waals surface area contributed by atoms with E-state index in [1.807, 2.05) is 20.8 Å².